The predicted molar refractivity (Wildman–Crippen MR) is 80.0 cm³/mol. The maximum Gasteiger partial charge on any atom is 0.134 e. The van der Waals surface area contributed by atoms with Crippen LogP contribution in [-0.4, -0.2) is 19.5 Å². The van der Waals surface area contributed by atoms with Gasteiger partial charge < -0.3 is 15.2 Å². The number of methoxy groups -OCH3 is 1. The summed E-state index contributed by atoms with van der Waals surface area (Å²) in [6, 6.07) is 11.6. The van der Waals surface area contributed by atoms with Crippen LogP contribution >= 0.6 is 11.8 Å². The molecule has 0 fully saturated rings. The van der Waals surface area contributed by atoms with Crippen molar-refractivity contribution in [2.24, 2.45) is 0 Å². The van der Waals surface area contributed by atoms with Gasteiger partial charge in [0.25, 0.3) is 0 Å². The zero-order valence-electron chi connectivity index (χ0n) is 11.1. The lowest BCUT2D eigenvalue weighted by Gasteiger charge is -2.09. The molecule has 0 atom stereocenters. The summed E-state index contributed by atoms with van der Waals surface area (Å²) in [5, 5.41) is 0. The number of hydrogen-bond acceptors (Lipinski definition) is 4. The van der Waals surface area contributed by atoms with Crippen molar-refractivity contribution in [1.82, 2.24) is 0 Å². The number of halogens is 1. The van der Waals surface area contributed by atoms with Crippen molar-refractivity contribution in [2.45, 2.75) is 4.90 Å². The summed E-state index contributed by atoms with van der Waals surface area (Å²) in [4.78, 5) is 1.02. The van der Waals surface area contributed by atoms with E-state index in [0.29, 0.717) is 18.0 Å². The topological polar surface area (TPSA) is 44.5 Å². The Morgan fingerprint density at radius 2 is 1.90 bits per heavy atom. The lowest BCUT2D eigenvalue weighted by atomic mass is 10.3. The number of nitrogen functional groups attached to an aromatic ring is 1. The average Bonchev–Trinajstić information content (AvgIpc) is 2.46. The Hall–Kier alpha value is -1.88. The highest BCUT2D eigenvalue weighted by Crippen LogP contribution is 2.30. The third-order valence-electron chi connectivity index (χ3n) is 2.61. The van der Waals surface area contributed by atoms with Crippen LogP contribution in [0.15, 0.2) is 47.4 Å². The van der Waals surface area contributed by atoms with Gasteiger partial charge in [0.15, 0.2) is 0 Å². The molecule has 0 heterocycles. The van der Waals surface area contributed by atoms with E-state index in [2.05, 4.69) is 0 Å². The summed E-state index contributed by atoms with van der Waals surface area (Å²) >= 11 is 1.62. The molecule has 3 nitrogen and oxygen atoms in total. The highest BCUT2D eigenvalue weighted by molar-refractivity contribution is 7.99. The molecule has 0 aliphatic carbocycles. The first-order valence-electron chi connectivity index (χ1n) is 6.14. The Kier molecular flexibility index (Phi) is 5.12. The Bertz CT molecular complexity index is 560. The number of anilines is 1. The predicted octanol–water partition coefficient (Wildman–Crippen LogP) is 3.59. The van der Waals surface area contributed by atoms with Gasteiger partial charge in [-0.15, -0.1) is 11.8 Å². The first-order valence-corrected chi connectivity index (χ1v) is 7.12. The number of nitrogens with two attached hydrogens (primary N) is 1. The van der Waals surface area contributed by atoms with E-state index in [1.165, 1.54) is 12.1 Å². The van der Waals surface area contributed by atoms with E-state index in [4.69, 9.17) is 15.2 Å². The van der Waals surface area contributed by atoms with Crippen LogP contribution in [0.5, 0.6) is 11.5 Å². The molecule has 2 rings (SSSR count). The smallest absolute Gasteiger partial charge is 0.134 e. The number of thioether (sulfide) groups is 1. The van der Waals surface area contributed by atoms with Gasteiger partial charge >= 0.3 is 0 Å². The fraction of sp³-hybridized carbons (Fsp3) is 0.200. The van der Waals surface area contributed by atoms with Gasteiger partial charge in [-0.3, -0.25) is 0 Å². The number of hydrogen-bond donors (Lipinski definition) is 1. The third-order valence-corrected chi connectivity index (χ3v) is 3.63. The summed E-state index contributed by atoms with van der Waals surface area (Å²) in [7, 11) is 1.62. The van der Waals surface area contributed by atoms with Crippen LogP contribution < -0.4 is 15.2 Å². The van der Waals surface area contributed by atoms with Crippen LogP contribution in [0, 0.1) is 5.82 Å². The fourth-order valence-corrected chi connectivity index (χ4v) is 2.48. The molecule has 0 amide bonds. The molecule has 0 aromatic heterocycles. The SMILES string of the molecule is COc1cc(N)ccc1SCCOc1ccc(F)cc1. The van der Waals surface area contributed by atoms with Crippen LogP contribution in [0.2, 0.25) is 0 Å². The molecule has 20 heavy (non-hydrogen) atoms. The van der Waals surface area contributed by atoms with Gasteiger partial charge in [-0.25, -0.2) is 4.39 Å². The van der Waals surface area contributed by atoms with Crippen molar-refractivity contribution < 1.29 is 13.9 Å². The second-order valence-corrected chi connectivity index (χ2v) is 5.20. The first kappa shape index (κ1) is 14.5. The minimum atomic E-state index is -0.265. The molecule has 2 aromatic rings. The van der Waals surface area contributed by atoms with Crippen molar-refractivity contribution in [2.75, 3.05) is 25.2 Å². The third kappa shape index (κ3) is 4.06. The highest BCUT2D eigenvalue weighted by Gasteiger charge is 2.04. The van der Waals surface area contributed by atoms with Gasteiger partial charge in [0.05, 0.1) is 13.7 Å². The van der Waals surface area contributed by atoms with Gasteiger partial charge in [-0.05, 0) is 36.4 Å². The molecule has 0 spiro atoms. The van der Waals surface area contributed by atoms with Crippen LogP contribution in [0.4, 0.5) is 10.1 Å². The summed E-state index contributed by atoms with van der Waals surface area (Å²) in [5.74, 6) is 1.92. The maximum atomic E-state index is 12.7. The van der Waals surface area contributed by atoms with Gasteiger partial charge in [-0.1, -0.05) is 0 Å². The molecule has 5 heteroatoms. The quantitative estimate of drug-likeness (QED) is 0.502. The maximum absolute atomic E-state index is 12.7. The van der Waals surface area contributed by atoms with Gasteiger partial charge in [0, 0.05) is 22.4 Å². The Morgan fingerprint density at radius 1 is 1.15 bits per heavy atom. The summed E-state index contributed by atoms with van der Waals surface area (Å²) in [5.41, 5.74) is 6.38. The molecule has 0 aliphatic heterocycles. The molecule has 0 aliphatic rings. The van der Waals surface area contributed by atoms with Crippen LogP contribution in [0.3, 0.4) is 0 Å². The van der Waals surface area contributed by atoms with Crippen molar-refractivity contribution in [3.05, 3.63) is 48.3 Å². The summed E-state index contributed by atoms with van der Waals surface area (Å²) in [6.45, 7) is 0.532. The van der Waals surface area contributed by atoms with E-state index in [1.807, 2.05) is 12.1 Å². The lowest BCUT2D eigenvalue weighted by Crippen LogP contribution is -2.00. The monoisotopic (exact) mass is 293 g/mol. The minimum Gasteiger partial charge on any atom is -0.496 e. The van der Waals surface area contributed by atoms with E-state index < -0.39 is 0 Å². The van der Waals surface area contributed by atoms with E-state index >= 15 is 0 Å². The molecule has 0 unspecified atom stereocenters. The van der Waals surface area contributed by atoms with Crippen molar-refractivity contribution in [1.29, 1.82) is 0 Å². The largest absolute Gasteiger partial charge is 0.496 e. The molecule has 0 radical (unpaired) electrons. The van der Waals surface area contributed by atoms with E-state index in [-0.39, 0.29) is 5.82 Å². The van der Waals surface area contributed by atoms with Gasteiger partial charge in [0.2, 0.25) is 0 Å². The van der Waals surface area contributed by atoms with E-state index in [9.17, 15) is 4.39 Å². The number of benzene rings is 2. The zero-order chi connectivity index (χ0) is 14.4. The summed E-state index contributed by atoms with van der Waals surface area (Å²) in [6.07, 6.45) is 0. The molecule has 2 aromatic carbocycles. The standard InChI is InChI=1S/C15H16FNO2S/c1-18-14-10-12(17)4-7-15(14)20-9-8-19-13-5-2-11(16)3-6-13/h2-7,10H,8-9,17H2,1H3. The molecule has 2 N–H and O–H groups in total. The first-order chi connectivity index (χ1) is 9.69. The van der Waals surface area contributed by atoms with E-state index in [1.54, 1.807) is 37.1 Å². The summed E-state index contributed by atoms with van der Waals surface area (Å²) < 4.78 is 23.5. The Balaban J connectivity index is 1.82. The van der Waals surface area contributed by atoms with E-state index in [0.717, 1.165) is 16.4 Å². The second-order valence-electron chi connectivity index (χ2n) is 4.06. The van der Waals surface area contributed by atoms with Crippen LogP contribution in [0.1, 0.15) is 0 Å². The molecule has 0 bridgehead atoms. The zero-order valence-corrected chi connectivity index (χ0v) is 12.0. The Labute approximate surface area is 121 Å². The van der Waals surface area contributed by atoms with Gasteiger partial charge in [-0.2, -0.15) is 0 Å². The molecular formula is C15H16FNO2S. The van der Waals surface area contributed by atoms with Crippen LogP contribution in [-0.2, 0) is 0 Å². The fourth-order valence-electron chi connectivity index (χ4n) is 1.65. The van der Waals surface area contributed by atoms with Crippen LogP contribution in [0.25, 0.3) is 0 Å². The number of rotatable bonds is 6. The molecule has 0 saturated heterocycles. The molecule has 0 saturated carbocycles. The highest BCUT2D eigenvalue weighted by atomic mass is 32.2. The van der Waals surface area contributed by atoms with Crippen molar-refractivity contribution in [3.63, 3.8) is 0 Å². The molecule has 106 valence electrons. The van der Waals surface area contributed by atoms with Crippen molar-refractivity contribution in [3.8, 4) is 11.5 Å². The second kappa shape index (κ2) is 7.05. The average molecular weight is 293 g/mol. The molecular weight excluding hydrogens is 277 g/mol. The lowest BCUT2D eigenvalue weighted by molar-refractivity contribution is 0.343. The van der Waals surface area contributed by atoms with Crippen molar-refractivity contribution >= 4 is 17.4 Å². The normalized spacial score (nSPS) is 10.3. The van der Waals surface area contributed by atoms with Gasteiger partial charge in [0.1, 0.15) is 17.3 Å². The minimum absolute atomic E-state index is 0.265. The Morgan fingerprint density at radius 3 is 2.60 bits per heavy atom. The number of ether oxygens (including phenoxy) is 2.